The Bertz CT molecular complexity index is 653. The summed E-state index contributed by atoms with van der Waals surface area (Å²) in [4.78, 5) is 15.4. The van der Waals surface area contributed by atoms with Gasteiger partial charge in [-0.15, -0.1) is 0 Å². The van der Waals surface area contributed by atoms with Gasteiger partial charge in [0.05, 0.1) is 13.0 Å². The Morgan fingerprint density at radius 2 is 2.14 bits per heavy atom. The fourth-order valence-corrected chi connectivity index (χ4v) is 1.74. The SMILES string of the molecule is Cc1cccc(-c2nc(CNC(=O)CCC(F)(F)F)no2)c1. The molecule has 0 fully saturated rings. The number of hydrogen-bond acceptors (Lipinski definition) is 4. The summed E-state index contributed by atoms with van der Waals surface area (Å²) in [7, 11) is 0. The van der Waals surface area contributed by atoms with Crippen LogP contribution in [-0.4, -0.2) is 22.2 Å². The lowest BCUT2D eigenvalue weighted by Crippen LogP contribution is -2.25. The highest BCUT2D eigenvalue weighted by atomic mass is 19.4. The molecule has 0 radical (unpaired) electrons. The van der Waals surface area contributed by atoms with Crippen LogP contribution in [0, 0.1) is 6.92 Å². The zero-order valence-corrected chi connectivity index (χ0v) is 11.8. The van der Waals surface area contributed by atoms with Crippen molar-refractivity contribution in [1.29, 1.82) is 0 Å². The first-order chi connectivity index (χ1) is 10.3. The number of rotatable bonds is 5. The van der Waals surface area contributed by atoms with E-state index in [0.717, 1.165) is 11.1 Å². The summed E-state index contributed by atoms with van der Waals surface area (Å²) in [6.45, 7) is 1.84. The van der Waals surface area contributed by atoms with Gasteiger partial charge in [-0.2, -0.15) is 18.2 Å². The van der Waals surface area contributed by atoms with Gasteiger partial charge in [-0.1, -0.05) is 22.9 Å². The average molecular weight is 313 g/mol. The molecular weight excluding hydrogens is 299 g/mol. The van der Waals surface area contributed by atoms with Gasteiger partial charge in [0.1, 0.15) is 0 Å². The van der Waals surface area contributed by atoms with Crippen molar-refractivity contribution in [3.8, 4) is 11.5 Å². The maximum atomic E-state index is 12.0. The van der Waals surface area contributed by atoms with E-state index in [1.807, 2.05) is 25.1 Å². The van der Waals surface area contributed by atoms with Crippen molar-refractivity contribution in [1.82, 2.24) is 15.5 Å². The van der Waals surface area contributed by atoms with Crippen molar-refractivity contribution < 1.29 is 22.5 Å². The Kier molecular flexibility index (Phi) is 4.79. The second-order valence-corrected chi connectivity index (χ2v) is 4.78. The van der Waals surface area contributed by atoms with Crippen LogP contribution in [0.5, 0.6) is 0 Å². The van der Waals surface area contributed by atoms with Gasteiger partial charge < -0.3 is 9.84 Å². The molecule has 0 aliphatic rings. The highest BCUT2D eigenvalue weighted by molar-refractivity contribution is 5.75. The molecule has 8 heteroatoms. The second kappa shape index (κ2) is 6.59. The van der Waals surface area contributed by atoms with Gasteiger partial charge in [0, 0.05) is 12.0 Å². The highest BCUT2D eigenvalue weighted by Gasteiger charge is 2.27. The lowest BCUT2D eigenvalue weighted by atomic mass is 10.1. The third kappa shape index (κ3) is 4.87. The molecule has 0 atom stereocenters. The largest absolute Gasteiger partial charge is 0.389 e. The molecule has 22 heavy (non-hydrogen) atoms. The van der Waals surface area contributed by atoms with Crippen molar-refractivity contribution in [3.63, 3.8) is 0 Å². The average Bonchev–Trinajstić information content (AvgIpc) is 2.91. The smallest absolute Gasteiger partial charge is 0.349 e. The minimum atomic E-state index is -4.35. The molecule has 0 spiro atoms. The maximum Gasteiger partial charge on any atom is 0.389 e. The van der Waals surface area contributed by atoms with Crippen LogP contribution in [-0.2, 0) is 11.3 Å². The van der Waals surface area contributed by atoms with Crippen molar-refractivity contribution in [3.05, 3.63) is 35.7 Å². The molecule has 1 aromatic carbocycles. The molecule has 1 N–H and O–H groups in total. The normalized spacial score (nSPS) is 11.5. The number of benzene rings is 1. The molecule has 0 saturated heterocycles. The topological polar surface area (TPSA) is 68.0 Å². The van der Waals surface area contributed by atoms with E-state index in [1.165, 1.54) is 0 Å². The van der Waals surface area contributed by atoms with E-state index in [1.54, 1.807) is 6.07 Å². The van der Waals surface area contributed by atoms with Crippen molar-refractivity contribution >= 4 is 5.91 Å². The predicted molar refractivity (Wildman–Crippen MR) is 71.6 cm³/mol. The fraction of sp³-hybridized carbons (Fsp3) is 0.357. The molecule has 2 aromatic rings. The Hall–Kier alpha value is -2.38. The molecule has 0 saturated carbocycles. The highest BCUT2D eigenvalue weighted by Crippen LogP contribution is 2.21. The number of aryl methyl sites for hydroxylation is 1. The number of amides is 1. The first kappa shape index (κ1) is 16.0. The Balaban J connectivity index is 1.89. The van der Waals surface area contributed by atoms with Crippen LogP contribution in [0.1, 0.15) is 24.2 Å². The minimum Gasteiger partial charge on any atom is -0.349 e. The summed E-state index contributed by atoms with van der Waals surface area (Å²) in [5.74, 6) is -0.209. The number of nitrogens with zero attached hydrogens (tertiary/aromatic N) is 2. The van der Waals surface area contributed by atoms with Crippen LogP contribution in [0.2, 0.25) is 0 Å². The van der Waals surface area contributed by atoms with Gasteiger partial charge >= 0.3 is 6.18 Å². The summed E-state index contributed by atoms with van der Waals surface area (Å²) < 4.78 is 41.0. The number of carbonyl (C=O) groups is 1. The van der Waals surface area contributed by atoms with E-state index in [0.29, 0.717) is 5.89 Å². The van der Waals surface area contributed by atoms with Gasteiger partial charge in [-0.05, 0) is 19.1 Å². The van der Waals surface area contributed by atoms with Crippen LogP contribution in [0.3, 0.4) is 0 Å². The molecular formula is C14H14F3N3O2. The number of alkyl halides is 3. The third-order valence-corrected chi connectivity index (χ3v) is 2.81. The molecule has 118 valence electrons. The lowest BCUT2D eigenvalue weighted by Gasteiger charge is -2.05. The number of nitrogens with one attached hydrogen (secondary N) is 1. The minimum absolute atomic E-state index is 0.0774. The first-order valence-electron chi connectivity index (χ1n) is 6.56. The van der Waals surface area contributed by atoms with Gasteiger partial charge in [0.15, 0.2) is 5.82 Å². The number of aromatic nitrogens is 2. The van der Waals surface area contributed by atoms with Gasteiger partial charge in [-0.3, -0.25) is 4.79 Å². The van der Waals surface area contributed by atoms with Crippen LogP contribution in [0.25, 0.3) is 11.5 Å². The number of halogens is 3. The standard InChI is InChI=1S/C14H14F3N3O2/c1-9-3-2-4-10(7-9)13-19-11(20-22-13)8-18-12(21)5-6-14(15,16)17/h2-4,7H,5-6,8H2,1H3,(H,18,21). The Morgan fingerprint density at radius 3 is 2.82 bits per heavy atom. The van der Waals surface area contributed by atoms with E-state index in [4.69, 9.17) is 4.52 Å². The molecule has 5 nitrogen and oxygen atoms in total. The lowest BCUT2D eigenvalue weighted by molar-refractivity contribution is -0.144. The molecule has 2 rings (SSSR count). The fourth-order valence-electron chi connectivity index (χ4n) is 1.74. The molecule has 0 bridgehead atoms. The molecule has 1 heterocycles. The molecule has 1 aromatic heterocycles. The molecule has 0 aliphatic heterocycles. The quantitative estimate of drug-likeness (QED) is 0.921. The Morgan fingerprint density at radius 1 is 1.36 bits per heavy atom. The van der Waals surface area contributed by atoms with E-state index < -0.39 is 24.9 Å². The van der Waals surface area contributed by atoms with Crippen molar-refractivity contribution in [2.24, 2.45) is 0 Å². The number of hydrogen-bond donors (Lipinski definition) is 1. The Labute approximate surface area is 124 Å². The van der Waals surface area contributed by atoms with E-state index in [-0.39, 0.29) is 12.4 Å². The van der Waals surface area contributed by atoms with Gasteiger partial charge in [0.25, 0.3) is 5.89 Å². The predicted octanol–water partition coefficient (Wildman–Crippen LogP) is 3.00. The monoisotopic (exact) mass is 313 g/mol. The van der Waals surface area contributed by atoms with Crippen LogP contribution >= 0.6 is 0 Å². The summed E-state index contributed by atoms with van der Waals surface area (Å²) in [6.07, 6.45) is -6.12. The van der Waals surface area contributed by atoms with Crippen LogP contribution < -0.4 is 5.32 Å². The van der Waals surface area contributed by atoms with E-state index in [2.05, 4.69) is 15.5 Å². The molecule has 0 unspecified atom stereocenters. The molecule has 1 amide bonds. The summed E-state index contributed by atoms with van der Waals surface area (Å²) in [5, 5.41) is 6.00. The van der Waals surface area contributed by atoms with E-state index >= 15 is 0 Å². The van der Waals surface area contributed by atoms with Crippen LogP contribution in [0.4, 0.5) is 13.2 Å². The van der Waals surface area contributed by atoms with Crippen LogP contribution in [0.15, 0.2) is 28.8 Å². The zero-order chi connectivity index (χ0) is 16.2. The number of carbonyl (C=O) groups excluding carboxylic acids is 1. The van der Waals surface area contributed by atoms with E-state index in [9.17, 15) is 18.0 Å². The van der Waals surface area contributed by atoms with Crippen molar-refractivity contribution in [2.75, 3.05) is 0 Å². The second-order valence-electron chi connectivity index (χ2n) is 4.78. The zero-order valence-electron chi connectivity index (χ0n) is 11.8. The van der Waals surface area contributed by atoms with Gasteiger partial charge in [0.2, 0.25) is 5.91 Å². The molecule has 0 aliphatic carbocycles. The third-order valence-electron chi connectivity index (χ3n) is 2.81. The summed E-state index contributed by atoms with van der Waals surface area (Å²) >= 11 is 0. The first-order valence-corrected chi connectivity index (χ1v) is 6.56. The summed E-state index contributed by atoms with van der Waals surface area (Å²) in [5.41, 5.74) is 1.76. The van der Waals surface area contributed by atoms with Crippen molar-refractivity contribution in [2.45, 2.75) is 32.5 Å². The summed E-state index contributed by atoms with van der Waals surface area (Å²) in [6, 6.07) is 7.42. The van der Waals surface area contributed by atoms with Gasteiger partial charge in [-0.25, -0.2) is 0 Å². The maximum absolute atomic E-state index is 12.0.